The molecule has 2 aromatic carbocycles. The van der Waals surface area contributed by atoms with E-state index in [0.29, 0.717) is 26.6 Å². The lowest BCUT2D eigenvalue weighted by Gasteiger charge is -2.09. The van der Waals surface area contributed by atoms with Crippen LogP contribution in [0.1, 0.15) is 5.56 Å². The van der Waals surface area contributed by atoms with Gasteiger partial charge in [-0.25, -0.2) is 4.39 Å². The molecule has 0 saturated heterocycles. The maximum Gasteiger partial charge on any atom is 0.265 e. The summed E-state index contributed by atoms with van der Waals surface area (Å²) in [5, 5.41) is 6.42. The summed E-state index contributed by atoms with van der Waals surface area (Å²) in [6, 6.07) is 7.54. The van der Waals surface area contributed by atoms with Gasteiger partial charge in [0.05, 0.1) is 31.1 Å². The molecule has 138 valence electrons. The molecule has 0 aliphatic carbocycles. The van der Waals surface area contributed by atoms with Gasteiger partial charge in [-0.15, -0.1) is 0 Å². The highest BCUT2D eigenvalue weighted by Crippen LogP contribution is 2.35. The van der Waals surface area contributed by atoms with E-state index < -0.39 is 11.7 Å². The highest BCUT2D eigenvalue weighted by Gasteiger charge is 2.10. The van der Waals surface area contributed by atoms with Crippen molar-refractivity contribution in [2.45, 2.75) is 0 Å². The number of benzene rings is 2. The fraction of sp³-hybridized carbons (Fsp3) is 0.176. The molecule has 9 heteroatoms. The van der Waals surface area contributed by atoms with Gasteiger partial charge in [-0.05, 0) is 30.3 Å². The Hall–Kier alpha value is -2.32. The van der Waals surface area contributed by atoms with E-state index in [-0.39, 0.29) is 12.3 Å². The van der Waals surface area contributed by atoms with Gasteiger partial charge in [0.25, 0.3) is 5.91 Å². The fourth-order valence-corrected chi connectivity index (χ4v) is 2.61. The molecule has 26 heavy (non-hydrogen) atoms. The third kappa shape index (κ3) is 5.34. The van der Waals surface area contributed by atoms with Crippen LogP contribution in [0.4, 0.5) is 10.1 Å². The van der Waals surface area contributed by atoms with Crippen LogP contribution >= 0.6 is 27.5 Å². The minimum atomic E-state index is -0.559. The molecule has 2 aromatic rings. The summed E-state index contributed by atoms with van der Waals surface area (Å²) < 4.78 is 24.5. The van der Waals surface area contributed by atoms with Gasteiger partial charge in [-0.1, -0.05) is 32.7 Å². The van der Waals surface area contributed by atoms with Gasteiger partial charge in [0, 0.05) is 10.0 Å². The first kappa shape index (κ1) is 20.0. The van der Waals surface area contributed by atoms with Crippen LogP contribution in [0, 0.1) is 5.82 Å². The average molecular weight is 446 g/mol. The smallest absolute Gasteiger partial charge is 0.265 e. The van der Waals surface area contributed by atoms with Crippen molar-refractivity contribution in [2.75, 3.05) is 26.1 Å². The molecule has 0 aliphatic heterocycles. The minimum Gasteiger partial charge on any atom is -0.493 e. The van der Waals surface area contributed by atoms with Crippen LogP contribution < -0.4 is 14.8 Å². The van der Waals surface area contributed by atoms with Crippen LogP contribution in [0.15, 0.2) is 40.0 Å². The third-order valence-corrected chi connectivity index (χ3v) is 3.91. The predicted octanol–water partition coefficient (Wildman–Crippen LogP) is 4.25. The number of hydrogen-bond donors (Lipinski definition) is 1. The van der Waals surface area contributed by atoms with Crippen LogP contribution in [-0.4, -0.2) is 32.9 Å². The number of anilines is 1. The molecule has 0 heterocycles. The van der Waals surface area contributed by atoms with Gasteiger partial charge >= 0.3 is 0 Å². The normalized spacial score (nSPS) is 10.7. The van der Waals surface area contributed by atoms with Gasteiger partial charge in [-0.2, -0.15) is 0 Å². The van der Waals surface area contributed by atoms with Crippen LogP contribution in [0.25, 0.3) is 0 Å². The maximum atomic E-state index is 13.6. The van der Waals surface area contributed by atoms with Crippen molar-refractivity contribution in [3.8, 4) is 11.5 Å². The van der Waals surface area contributed by atoms with E-state index in [0.717, 1.165) is 0 Å². The number of amides is 1. The zero-order chi connectivity index (χ0) is 19.1. The van der Waals surface area contributed by atoms with Gasteiger partial charge in [-0.3, -0.25) is 4.79 Å². The standard InChI is InChI=1S/C17H15BrClFN2O4/c1-24-15-6-10(5-12(19)17(15)25-2)8-21-26-9-16(23)22-14-4-3-11(18)7-13(14)20/h3-8H,9H2,1-2H3,(H,22,23)/b21-8+. The molecule has 0 aromatic heterocycles. The number of nitrogens with one attached hydrogen (secondary N) is 1. The highest BCUT2D eigenvalue weighted by molar-refractivity contribution is 9.10. The number of nitrogens with zero attached hydrogens (tertiary/aromatic N) is 1. The number of ether oxygens (including phenoxy) is 2. The Morgan fingerprint density at radius 3 is 2.73 bits per heavy atom. The Bertz CT molecular complexity index is 833. The van der Waals surface area contributed by atoms with E-state index in [1.165, 1.54) is 32.6 Å². The van der Waals surface area contributed by atoms with Crippen molar-refractivity contribution >= 4 is 45.3 Å². The van der Waals surface area contributed by atoms with Crippen LogP contribution in [0.5, 0.6) is 11.5 Å². The number of oxime groups is 1. The second kappa shape index (κ2) is 9.40. The summed E-state index contributed by atoms with van der Waals surface area (Å²) >= 11 is 9.22. The molecule has 0 fully saturated rings. The molecule has 1 N–H and O–H groups in total. The zero-order valence-electron chi connectivity index (χ0n) is 13.9. The molecular formula is C17H15BrClFN2O4. The molecule has 0 spiro atoms. The first-order chi connectivity index (χ1) is 12.4. The van der Waals surface area contributed by atoms with Crippen LogP contribution in [0.3, 0.4) is 0 Å². The van der Waals surface area contributed by atoms with Gasteiger partial charge in [0.15, 0.2) is 18.1 Å². The Morgan fingerprint density at radius 1 is 1.31 bits per heavy atom. The summed E-state index contributed by atoms with van der Waals surface area (Å²) in [5.41, 5.74) is 0.643. The lowest BCUT2D eigenvalue weighted by atomic mass is 10.2. The number of hydrogen-bond acceptors (Lipinski definition) is 5. The van der Waals surface area contributed by atoms with Gasteiger partial charge < -0.3 is 19.6 Å². The number of rotatable bonds is 7. The number of methoxy groups -OCH3 is 2. The Labute approximate surface area is 163 Å². The molecule has 1 amide bonds. The second-order valence-corrected chi connectivity index (χ2v) is 6.24. The second-order valence-electron chi connectivity index (χ2n) is 4.92. The van der Waals surface area contributed by atoms with Gasteiger partial charge in [0.2, 0.25) is 0 Å². The van der Waals surface area contributed by atoms with E-state index >= 15 is 0 Å². The fourth-order valence-electron chi connectivity index (χ4n) is 1.98. The minimum absolute atomic E-state index is 0.0532. The summed E-state index contributed by atoms with van der Waals surface area (Å²) in [7, 11) is 2.96. The Balaban J connectivity index is 1.92. The zero-order valence-corrected chi connectivity index (χ0v) is 16.2. The van der Waals surface area contributed by atoms with Crippen molar-refractivity contribution in [1.29, 1.82) is 0 Å². The Kier molecular flexibility index (Phi) is 7.23. The third-order valence-electron chi connectivity index (χ3n) is 3.13. The van der Waals surface area contributed by atoms with E-state index in [1.807, 2.05) is 0 Å². The number of carbonyl (C=O) groups excluding carboxylic acids is 1. The van der Waals surface area contributed by atoms with Gasteiger partial charge in [0.1, 0.15) is 5.82 Å². The number of carbonyl (C=O) groups is 1. The summed E-state index contributed by atoms with van der Waals surface area (Å²) in [5.74, 6) is -0.266. The average Bonchev–Trinajstić information content (AvgIpc) is 2.60. The maximum absolute atomic E-state index is 13.6. The van der Waals surface area contributed by atoms with Crippen molar-refractivity contribution in [3.05, 3.63) is 51.2 Å². The summed E-state index contributed by atoms with van der Waals surface area (Å²) in [6.45, 7) is -0.382. The first-order valence-corrected chi connectivity index (χ1v) is 8.43. The van der Waals surface area contributed by atoms with E-state index in [4.69, 9.17) is 25.9 Å². The quantitative estimate of drug-likeness (QED) is 0.511. The largest absolute Gasteiger partial charge is 0.493 e. The summed E-state index contributed by atoms with van der Waals surface area (Å²) in [6.07, 6.45) is 1.36. The Morgan fingerprint density at radius 2 is 2.08 bits per heavy atom. The molecule has 0 unspecified atom stereocenters. The van der Waals surface area contributed by atoms with Crippen molar-refractivity contribution in [3.63, 3.8) is 0 Å². The molecule has 6 nitrogen and oxygen atoms in total. The van der Waals surface area contributed by atoms with Crippen LogP contribution in [0.2, 0.25) is 5.02 Å². The van der Waals surface area contributed by atoms with E-state index in [9.17, 15) is 9.18 Å². The van der Waals surface area contributed by atoms with Crippen molar-refractivity contribution < 1.29 is 23.5 Å². The topological polar surface area (TPSA) is 69.2 Å². The van der Waals surface area contributed by atoms with E-state index in [1.54, 1.807) is 18.2 Å². The lowest BCUT2D eigenvalue weighted by Crippen LogP contribution is -2.17. The SMILES string of the molecule is COc1cc(/C=N/OCC(=O)Nc2ccc(Br)cc2F)cc(Cl)c1OC. The molecule has 0 bridgehead atoms. The first-order valence-electron chi connectivity index (χ1n) is 7.26. The monoisotopic (exact) mass is 444 g/mol. The molecule has 0 aliphatic rings. The predicted molar refractivity (Wildman–Crippen MR) is 101 cm³/mol. The molecule has 0 atom stereocenters. The van der Waals surface area contributed by atoms with Crippen molar-refractivity contribution in [1.82, 2.24) is 0 Å². The van der Waals surface area contributed by atoms with E-state index in [2.05, 4.69) is 26.4 Å². The van der Waals surface area contributed by atoms with Crippen LogP contribution in [-0.2, 0) is 9.63 Å². The molecule has 0 saturated carbocycles. The van der Waals surface area contributed by atoms with Crippen molar-refractivity contribution in [2.24, 2.45) is 5.16 Å². The lowest BCUT2D eigenvalue weighted by molar-refractivity contribution is -0.120. The highest BCUT2D eigenvalue weighted by atomic mass is 79.9. The number of halogens is 3. The molecule has 0 radical (unpaired) electrons. The molecular weight excluding hydrogens is 431 g/mol. The summed E-state index contributed by atoms with van der Waals surface area (Å²) in [4.78, 5) is 16.7. The molecule has 2 rings (SSSR count).